The van der Waals surface area contributed by atoms with Gasteiger partial charge in [-0.25, -0.2) is 9.78 Å². The number of unbranched alkanes of at least 4 members (excludes halogenated alkanes) is 1. The van der Waals surface area contributed by atoms with Crippen LogP contribution in [0.5, 0.6) is 0 Å². The Labute approximate surface area is 190 Å². The molecule has 13 nitrogen and oxygen atoms in total. The largest absolute Gasteiger partial charge is 0.480 e. The molecule has 0 aliphatic carbocycles. The van der Waals surface area contributed by atoms with Gasteiger partial charge in [0.25, 0.3) is 0 Å². The molecule has 0 aliphatic rings. The van der Waals surface area contributed by atoms with Gasteiger partial charge < -0.3 is 42.6 Å². The van der Waals surface area contributed by atoms with Crippen molar-refractivity contribution in [2.75, 3.05) is 18.9 Å². The van der Waals surface area contributed by atoms with E-state index in [1.807, 2.05) is 0 Å². The molecular formula is C18H31N7O6S. The number of hydrogen-bond acceptors (Lipinski definition) is 9. The predicted octanol–water partition coefficient (Wildman–Crippen LogP) is -3.13. The zero-order valence-electron chi connectivity index (χ0n) is 17.5. The van der Waals surface area contributed by atoms with Crippen LogP contribution in [0.15, 0.2) is 12.5 Å². The zero-order chi connectivity index (χ0) is 24.1. The standard InChI is InChI=1S/C18H31N7O6S/c19-4-2-1-3-12(23-15(27)11(20)8-32)16(28)24-13(5-10-6-21-9-22-10)17(29)25-14(7-26)18(30)31/h6,9,11-14,26,32H,1-5,7-8,19-20H2,(H,21,22)(H,23,27)(H,24,28)(H,25,29)(H,30,31). The molecule has 0 saturated heterocycles. The molecule has 0 bridgehead atoms. The summed E-state index contributed by atoms with van der Waals surface area (Å²) in [6.07, 6.45) is 4.20. The van der Waals surface area contributed by atoms with Crippen LogP contribution in [0, 0.1) is 0 Å². The molecule has 4 atom stereocenters. The lowest BCUT2D eigenvalue weighted by molar-refractivity contribution is -0.143. The minimum Gasteiger partial charge on any atom is -0.480 e. The molecular weight excluding hydrogens is 442 g/mol. The molecule has 3 amide bonds. The first-order chi connectivity index (χ1) is 15.2. The number of nitrogens with one attached hydrogen (secondary N) is 4. The summed E-state index contributed by atoms with van der Waals surface area (Å²) in [6, 6.07) is -4.67. The summed E-state index contributed by atoms with van der Waals surface area (Å²) in [7, 11) is 0. The summed E-state index contributed by atoms with van der Waals surface area (Å²) in [6.45, 7) is -0.424. The average Bonchev–Trinajstić information content (AvgIpc) is 3.28. The van der Waals surface area contributed by atoms with Crippen molar-refractivity contribution in [3.8, 4) is 0 Å². The molecule has 0 radical (unpaired) electrons. The van der Waals surface area contributed by atoms with Crippen molar-refractivity contribution in [3.63, 3.8) is 0 Å². The number of aliphatic carboxylic acids is 1. The Morgan fingerprint density at radius 3 is 2.22 bits per heavy atom. The van der Waals surface area contributed by atoms with Gasteiger partial charge in [-0.1, -0.05) is 0 Å². The number of amides is 3. The second-order valence-electron chi connectivity index (χ2n) is 7.06. The highest BCUT2D eigenvalue weighted by Crippen LogP contribution is 2.05. The number of nitrogens with two attached hydrogens (primary N) is 2. The summed E-state index contributed by atoms with van der Waals surface area (Å²) in [5.41, 5.74) is 11.7. The number of nitrogens with zero attached hydrogens (tertiary/aromatic N) is 1. The number of aromatic amines is 1. The molecule has 1 aromatic rings. The number of aliphatic hydroxyl groups excluding tert-OH is 1. The van der Waals surface area contributed by atoms with Crippen molar-refractivity contribution in [1.82, 2.24) is 25.9 Å². The van der Waals surface area contributed by atoms with Gasteiger partial charge in [0.05, 0.1) is 19.0 Å². The molecule has 10 N–H and O–H groups in total. The van der Waals surface area contributed by atoms with Crippen LogP contribution in [-0.2, 0) is 25.6 Å². The van der Waals surface area contributed by atoms with Gasteiger partial charge in [-0.2, -0.15) is 12.6 Å². The Hall–Kier alpha value is -2.68. The first-order valence-electron chi connectivity index (χ1n) is 10.0. The lowest BCUT2D eigenvalue weighted by Crippen LogP contribution is -2.58. The highest BCUT2D eigenvalue weighted by molar-refractivity contribution is 7.80. The molecule has 0 spiro atoms. The van der Waals surface area contributed by atoms with E-state index in [9.17, 15) is 24.3 Å². The van der Waals surface area contributed by atoms with E-state index in [-0.39, 0.29) is 18.6 Å². The summed E-state index contributed by atoms with van der Waals surface area (Å²) in [4.78, 5) is 55.6. The van der Waals surface area contributed by atoms with Gasteiger partial charge in [-0.15, -0.1) is 0 Å². The number of imidazole rings is 1. The highest BCUT2D eigenvalue weighted by atomic mass is 32.1. The average molecular weight is 474 g/mol. The van der Waals surface area contributed by atoms with Gasteiger partial charge >= 0.3 is 5.97 Å². The minimum absolute atomic E-state index is 0.0328. The Morgan fingerprint density at radius 1 is 1.06 bits per heavy atom. The van der Waals surface area contributed by atoms with Crippen molar-refractivity contribution in [3.05, 3.63) is 18.2 Å². The van der Waals surface area contributed by atoms with Gasteiger partial charge in [-0.05, 0) is 25.8 Å². The zero-order valence-corrected chi connectivity index (χ0v) is 18.4. The summed E-state index contributed by atoms with van der Waals surface area (Å²) < 4.78 is 0. The van der Waals surface area contributed by atoms with Crippen LogP contribution < -0.4 is 27.4 Å². The smallest absolute Gasteiger partial charge is 0.328 e. The van der Waals surface area contributed by atoms with Gasteiger partial charge in [0, 0.05) is 24.1 Å². The molecule has 14 heteroatoms. The van der Waals surface area contributed by atoms with E-state index in [4.69, 9.17) is 16.6 Å². The normalized spacial score (nSPS) is 14.6. The third kappa shape index (κ3) is 9.21. The van der Waals surface area contributed by atoms with Crippen LogP contribution in [0.4, 0.5) is 0 Å². The van der Waals surface area contributed by atoms with Gasteiger partial charge in [0.15, 0.2) is 0 Å². The molecule has 180 valence electrons. The number of hydrogen-bond donors (Lipinski definition) is 9. The maximum absolute atomic E-state index is 12.9. The van der Waals surface area contributed by atoms with Crippen molar-refractivity contribution in [2.24, 2.45) is 11.5 Å². The fraction of sp³-hybridized carbons (Fsp3) is 0.611. The first kappa shape index (κ1) is 27.4. The Balaban J connectivity index is 2.99. The van der Waals surface area contributed by atoms with Crippen LogP contribution in [0.1, 0.15) is 25.0 Å². The summed E-state index contributed by atoms with van der Waals surface area (Å²) >= 11 is 3.97. The van der Waals surface area contributed by atoms with E-state index in [1.54, 1.807) is 0 Å². The predicted molar refractivity (Wildman–Crippen MR) is 118 cm³/mol. The van der Waals surface area contributed by atoms with Crippen LogP contribution in [0.2, 0.25) is 0 Å². The van der Waals surface area contributed by atoms with Gasteiger partial charge in [0.1, 0.15) is 18.1 Å². The van der Waals surface area contributed by atoms with Crippen molar-refractivity contribution in [2.45, 2.75) is 49.9 Å². The summed E-state index contributed by atoms with van der Waals surface area (Å²) in [5, 5.41) is 25.5. The molecule has 32 heavy (non-hydrogen) atoms. The van der Waals surface area contributed by atoms with Crippen LogP contribution in [-0.4, -0.2) is 86.9 Å². The monoisotopic (exact) mass is 473 g/mol. The molecule has 4 unspecified atom stereocenters. The van der Waals surface area contributed by atoms with E-state index in [1.165, 1.54) is 12.5 Å². The van der Waals surface area contributed by atoms with E-state index in [0.29, 0.717) is 25.1 Å². The fourth-order valence-electron chi connectivity index (χ4n) is 2.68. The number of carboxylic acids is 1. The lowest BCUT2D eigenvalue weighted by atomic mass is 10.1. The number of carbonyl (C=O) groups is 4. The molecule has 1 aromatic heterocycles. The summed E-state index contributed by atoms with van der Waals surface area (Å²) in [5.74, 6) is -3.41. The van der Waals surface area contributed by atoms with Gasteiger partial charge in [-0.3, -0.25) is 14.4 Å². The Morgan fingerprint density at radius 2 is 1.69 bits per heavy atom. The number of aromatic nitrogens is 2. The number of H-pyrrole nitrogens is 1. The third-order valence-corrected chi connectivity index (χ3v) is 4.92. The molecule has 1 rings (SSSR count). The number of carboxylic acid groups (broad SMARTS) is 1. The lowest BCUT2D eigenvalue weighted by Gasteiger charge is -2.24. The van der Waals surface area contributed by atoms with E-state index >= 15 is 0 Å². The second-order valence-corrected chi connectivity index (χ2v) is 7.42. The molecule has 0 saturated carbocycles. The minimum atomic E-state index is -1.54. The number of thiol groups is 1. The van der Waals surface area contributed by atoms with Crippen molar-refractivity contribution in [1.29, 1.82) is 0 Å². The van der Waals surface area contributed by atoms with Crippen molar-refractivity contribution >= 4 is 36.3 Å². The van der Waals surface area contributed by atoms with Gasteiger partial charge in [0.2, 0.25) is 17.7 Å². The van der Waals surface area contributed by atoms with Crippen molar-refractivity contribution < 1.29 is 29.4 Å². The SMILES string of the molecule is NCCCCC(NC(=O)C(N)CS)C(=O)NC(Cc1cnc[nH]1)C(=O)NC(CO)C(=O)O. The van der Waals surface area contributed by atoms with Crippen LogP contribution >= 0.6 is 12.6 Å². The Bertz CT molecular complexity index is 748. The number of rotatable bonds is 15. The van der Waals surface area contributed by atoms with Crippen LogP contribution in [0.3, 0.4) is 0 Å². The third-order valence-electron chi connectivity index (χ3n) is 4.52. The topological polar surface area (TPSA) is 226 Å². The number of carbonyl (C=O) groups excluding carboxylic acids is 3. The molecule has 1 heterocycles. The van der Waals surface area contributed by atoms with Crippen LogP contribution in [0.25, 0.3) is 0 Å². The molecule has 0 fully saturated rings. The van der Waals surface area contributed by atoms with E-state index in [2.05, 4.69) is 38.5 Å². The first-order valence-corrected chi connectivity index (χ1v) is 10.6. The Kier molecular flexibility index (Phi) is 12.3. The molecule has 0 aliphatic heterocycles. The van der Waals surface area contributed by atoms with E-state index in [0.717, 1.165) is 0 Å². The maximum Gasteiger partial charge on any atom is 0.328 e. The maximum atomic E-state index is 12.9. The second kappa shape index (κ2) is 14.4. The number of aliphatic hydroxyl groups is 1. The quantitative estimate of drug-likeness (QED) is 0.0925. The highest BCUT2D eigenvalue weighted by Gasteiger charge is 2.30. The fourth-order valence-corrected chi connectivity index (χ4v) is 2.84. The molecule has 0 aromatic carbocycles. The van der Waals surface area contributed by atoms with E-state index < -0.39 is 54.5 Å².